The molecule has 0 unspecified atom stereocenters. The molecule has 0 bridgehead atoms. The maximum Gasteiger partial charge on any atom is 0.309 e. The molecule has 1 aliphatic carbocycles. The van der Waals surface area contributed by atoms with Gasteiger partial charge in [0.1, 0.15) is 0 Å². The van der Waals surface area contributed by atoms with Crippen LogP contribution >= 0.6 is 0 Å². The Balaban J connectivity index is 1.91. The van der Waals surface area contributed by atoms with E-state index in [0.29, 0.717) is 0 Å². The highest BCUT2D eigenvalue weighted by atomic mass is 16.4. The Bertz CT molecular complexity index is 436. The van der Waals surface area contributed by atoms with Gasteiger partial charge < -0.3 is 5.11 Å². The summed E-state index contributed by atoms with van der Waals surface area (Å²) in [5.41, 5.74) is 0.699. The molecule has 1 heterocycles. The minimum Gasteiger partial charge on any atom is -0.481 e. The minimum atomic E-state index is -0.592. The number of aromatic nitrogens is 1. The molecule has 1 saturated carbocycles. The maximum absolute atomic E-state index is 11.8. The smallest absolute Gasteiger partial charge is 0.309 e. The van der Waals surface area contributed by atoms with Gasteiger partial charge in [-0.05, 0) is 62.1 Å². The number of carboxylic acid groups (broad SMARTS) is 1. The maximum atomic E-state index is 11.8. The van der Waals surface area contributed by atoms with Crippen LogP contribution in [-0.4, -0.2) is 16.1 Å². The van der Waals surface area contributed by atoms with Crippen molar-refractivity contribution in [3.63, 3.8) is 0 Å². The number of pyridine rings is 1. The summed E-state index contributed by atoms with van der Waals surface area (Å²) in [6, 6.07) is 3.98. The predicted molar refractivity (Wildman–Crippen MR) is 84.1 cm³/mol. The molecule has 0 aliphatic heterocycles. The molecule has 0 amide bonds. The van der Waals surface area contributed by atoms with Crippen molar-refractivity contribution in [2.45, 2.75) is 64.7 Å². The van der Waals surface area contributed by atoms with E-state index in [0.717, 1.165) is 44.4 Å². The normalized spacial score (nSPS) is 25.7. The van der Waals surface area contributed by atoms with Gasteiger partial charge in [0.15, 0.2) is 0 Å². The zero-order valence-corrected chi connectivity index (χ0v) is 13.1. The molecule has 2 rings (SSSR count). The van der Waals surface area contributed by atoms with E-state index in [1.54, 1.807) is 12.4 Å². The van der Waals surface area contributed by atoms with Gasteiger partial charge in [0, 0.05) is 12.4 Å². The van der Waals surface area contributed by atoms with Crippen molar-refractivity contribution in [1.82, 2.24) is 4.98 Å². The lowest BCUT2D eigenvalue weighted by molar-refractivity contribution is -0.152. The van der Waals surface area contributed by atoms with Crippen LogP contribution in [0.3, 0.4) is 0 Å². The van der Waals surface area contributed by atoms with Crippen LogP contribution < -0.4 is 0 Å². The fourth-order valence-corrected chi connectivity index (χ4v) is 3.52. The summed E-state index contributed by atoms with van der Waals surface area (Å²) in [4.78, 5) is 15.8. The molecule has 0 aromatic carbocycles. The molecule has 3 heteroatoms. The lowest BCUT2D eigenvalue weighted by Gasteiger charge is -2.37. The Morgan fingerprint density at radius 2 is 2.00 bits per heavy atom. The van der Waals surface area contributed by atoms with E-state index >= 15 is 0 Å². The lowest BCUT2D eigenvalue weighted by atomic mass is 9.67. The first-order valence-electron chi connectivity index (χ1n) is 8.28. The molecule has 1 N–H and O–H groups in total. The number of carboxylic acids is 1. The van der Waals surface area contributed by atoms with Crippen molar-refractivity contribution in [3.05, 3.63) is 30.1 Å². The Kier molecular flexibility index (Phi) is 5.77. The Hall–Kier alpha value is -1.38. The summed E-state index contributed by atoms with van der Waals surface area (Å²) in [6.45, 7) is 2.22. The van der Waals surface area contributed by atoms with Crippen LogP contribution in [0.25, 0.3) is 0 Å². The number of nitrogens with zero attached hydrogens (tertiary/aromatic N) is 1. The third-order valence-corrected chi connectivity index (χ3v) is 5.12. The number of rotatable bonds is 7. The summed E-state index contributed by atoms with van der Waals surface area (Å²) in [7, 11) is 0. The first-order chi connectivity index (χ1) is 10.2. The van der Waals surface area contributed by atoms with E-state index in [4.69, 9.17) is 0 Å². The van der Waals surface area contributed by atoms with Gasteiger partial charge in [-0.1, -0.05) is 26.2 Å². The highest BCUT2D eigenvalue weighted by Crippen LogP contribution is 2.44. The van der Waals surface area contributed by atoms with Crippen LogP contribution in [0, 0.1) is 11.3 Å². The number of hydrogen-bond acceptors (Lipinski definition) is 2. The molecule has 3 nitrogen and oxygen atoms in total. The van der Waals surface area contributed by atoms with E-state index in [1.165, 1.54) is 24.8 Å². The van der Waals surface area contributed by atoms with Crippen molar-refractivity contribution in [3.8, 4) is 0 Å². The monoisotopic (exact) mass is 289 g/mol. The second-order valence-corrected chi connectivity index (χ2v) is 6.53. The van der Waals surface area contributed by atoms with Gasteiger partial charge in [-0.2, -0.15) is 0 Å². The van der Waals surface area contributed by atoms with E-state index in [2.05, 4.69) is 11.9 Å². The molecule has 1 aromatic heterocycles. The van der Waals surface area contributed by atoms with Gasteiger partial charge in [0.05, 0.1) is 5.41 Å². The lowest BCUT2D eigenvalue weighted by Crippen LogP contribution is -2.36. The van der Waals surface area contributed by atoms with E-state index in [-0.39, 0.29) is 0 Å². The van der Waals surface area contributed by atoms with Gasteiger partial charge >= 0.3 is 5.97 Å². The summed E-state index contributed by atoms with van der Waals surface area (Å²) in [5.74, 6) is 0.156. The molecule has 1 aliphatic rings. The molecule has 0 radical (unpaired) electrons. The fraction of sp³-hybridized carbons (Fsp3) is 0.667. The van der Waals surface area contributed by atoms with Crippen LogP contribution in [0.5, 0.6) is 0 Å². The number of aliphatic carboxylic acids is 1. The second-order valence-electron chi connectivity index (χ2n) is 6.53. The van der Waals surface area contributed by atoms with Crippen LogP contribution in [-0.2, 0) is 11.2 Å². The Labute approximate surface area is 127 Å². The molecule has 0 atom stereocenters. The molecule has 1 fully saturated rings. The van der Waals surface area contributed by atoms with Gasteiger partial charge in [-0.15, -0.1) is 0 Å². The fourth-order valence-electron chi connectivity index (χ4n) is 3.52. The average molecular weight is 289 g/mol. The van der Waals surface area contributed by atoms with E-state index in [1.807, 2.05) is 12.1 Å². The van der Waals surface area contributed by atoms with Crippen LogP contribution in [0.1, 0.15) is 63.9 Å². The minimum absolute atomic E-state index is 0.494. The number of hydrogen-bond donors (Lipinski definition) is 1. The van der Waals surface area contributed by atoms with E-state index in [9.17, 15) is 9.90 Å². The zero-order chi connectivity index (χ0) is 15.1. The summed E-state index contributed by atoms with van der Waals surface area (Å²) < 4.78 is 0. The third kappa shape index (κ3) is 4.29. The average Bonchev–Trinajstić information content (AvgIpc) is 2.53. The summed E-state index contributed by atoms with van der Waals surface area (Å²) in [6.07, 6.45) is 12.8. The zero-order valence-electron chi connectivity index (χ0n) is 13.1. The summed E-state index contributed by atoms with van der Waals surface area (Å²) in [5, 5.41) is 9.72. The van der Waals surface area contributed by atoms with Gasteiger partial charge in [0.25, 0.3) is 0 Å². The highest BCUT2D eigenvalue weighted by Gasteiger charge is 2.41. The Morgan fingerprint density at radius 3 is 2.57 bits per heavy atom. The predicted octanol–water partition coefficient (Wildman–Crippen LogP) is 4.47. The molecule has 0 spiro atoms. The molecule has 0 saturated heterocycles. The largest absolute Gasteiger partial charge is 0.481 e. The molecule has 116 valence electrons. The topological polar surface area (TPSA) is 50.2 Å². The second kappa shape index (κ2) is 7.58. The van der Waals surface area contributed by atoms with Gasteiger partial charge in [0.2, 0.25) is 0 Å². The molecular weight excluding hydrogens is 262 g/mol. The first-order valence-corrected chi connectivity index (χ1v) is 8.28. The number of aryl methyl sites for hydroxylation is 1. The van der Waals surface area contributed by atoms with Crippen LogP contribution in [0.4, 0.5) is 0 Å². The van der Waals surface area contributed by atoms with Crippen molar-refractivity contribution in [1.29, 1.82) is 0 Å². The molecule has 21 heavy (non-hydrogen) atoms. The van der Waals surface area contributed by atoms with Crippen molar-refractivity contribution >= 4 is 5.97 Å². The van der Waals surface area contributed by atoms with Crippen molar-refractivity contribution in [2.75, 3.05) is 0 Å². The summed E-state index contributed by atoms with van der Waals surface area (Å²) >= 11 is 0. The first kappa shape index (κ1) is 16.0. The number of unbranched alkanes of at least 4 members (excludes halogenated alkanes) is 1. The SMILES string of the molecule is CCCCC1CCC(CCc2ccncc2)(C(=O)O)CC1. The van der Waals surface area contributed by atoms with Crippen molar-refractivity contribution < 1.29 is 9.90 Å². The Morgan fingerprint density at radius 1 is 1.33 bits per heavy atom. The van der Waals surface area contributed by atoms with E-state index < -0.39 is 11.4 Å². The van der Waals surface area contributed by atoms with Gasteiger partial charge in [-0.25, -0.2) is 0 Å². The third-order valence-electron chi connectivity index (χ3n) is 5.12. The molecule has 1 aromatic rings. The standard InChI is InChI=1S/C18H27NO2/c1-2-3-4-15-5-10-18(11-6-15,17(20)21)12-7-16-8-13-19-14-9-16/h8-9,13-15H,2-7,10-12H2,1H3,(H,20,21). The number of carbonyl (C=O) groups is 1. The quantitative estimate of drug-likeness (QED) is 0.806. The van der Waals surface area contributed by atoms with Crippen molar-refractivity contribution in [2.24, 2.45) is 11.3 Å². The highest BCUT2D eigenvalue weighted by molar-refractivity contribution is 5.74. The van der Waals surface area contributed by atoms with Crippen LogP contribution in [0.15, 0.2) is 24.5 Å². The van der Waals surface area contributed by atoms with Gasteiger partial charge in [-0.3, -0.25) is 9.78 Å². The van der Waals surface area contributed by atoms with Crippen LogP contribution in [0.2, 0.25) is 0 Å². The molecular formula is C18H27NO2.